The number of pyridine rings is 1. The first-order valence-electron chi connectivity index (χ1n) is 10.2. The molecule has 32 heavy (non-hydrogen) atoms. The fourth-order valence-corrected chi connectivity index (χ4v) is 4.11. The van der Waals surface area contributed by atoms with Crippen LogP contribution in [0.5, 0.6) is 0 Å². The zero-order valence-electron chi connectivity index (χ0n) is 17.6. The van der Waals surface area contributed by atoms with E-state index in [0.717, 1.165) is 33.6 Å². The van der Waals surface area contributed by atoms with Crippen molar-refractivity contribution in [2.75, 3.05) is 11.1 Å². The van der Waals surface area contributed by atoms with Crippen LogP contribution in [0.1, 0.15) is 11.1 Å². The lowest BCUT2D eigenvalue weighted by molar-refractivity contribution is -0.113. The second-order valence-electron chi connectivity index (χ2n) is 7.28. The summed E-state index contributed by atoms with van der Waals surface area (Å²) in [5.74, 6) is 0.0121. The first kappa shape index (κ1) is 21.4. The molecule has 4 nitrogen and oxygen atoms in total. The Kier molecular flexibility index (Phi) is 6.64. The topological polar surface area (TPSA) is 65.8 Å². The first-order valence-corrected chi connectivity index (χ1v) is 11.2. The monoisotopic (exact) mass is 435 g/mol. The molecule has 4 aromatic rings. The number of nitriles is 1. The molecular weight excluding hydrogens is 414 g/mol. The van der Waals surface area contributed by atoms with Crippen molar-refractivity contribution in [1.82, 2.24) is 4.98 Å². The zero-order chi connectivity index (χ0) is 22.3. The van der Waals surface area contributed by atoms with E-state index in [-0.39, 0.29) is 11.7 Å². The molecule has 1 aromatic heterocycles. The molecule has 0 saturated heterocycles. The van der Waals surface area contributed by atoms with E-state index in [0.29, 0.717) is 10.6 Å². The van der Waals surface area contributed by atoms with Gasteiger partial charge < -0.3 is 5.32 Å². The molecule has 1 heterocycles. The largest absolute Gasteiger partial charge is 0.325 e. The molecule has 0 fully saturated rings. The van der Waals surface area contributed by atoms with Crippen molar-refractivity contribution < 1.29 is 4.79 Å². The van der Waals surface area contributed by atoms with Crippen molar-refractivity contribution in [2.24, 2.45) is 0 Å². The average Bonchev–Trinajstić information content (AvgIpc) is 2.84. The number of thioether (sulfide) groups is 1. The first-order chi connectivity index (χ1) is 15.6. The Bertz CT molecular complexity index is 1260. The minimum absolute atomic E-state index is 0.143. The van der Waals surface area contributed by atoms with Crippen molar-refractivity contribution >= 4 is 23.4 Å². The molecule has 0 aliphatic rings. The van der Waals surface area contributed by atoms with E-state index < -0.39 is 0 Å². The Morgan fingerprint density at radius 3 is 2.19 bits per heavy atom. The summed E-state index contributed by atoms with van der Waals surface area (Å²) in [7, 11) is 0. The van der Waals surface area contributed by atoms with Crippen LogP contribution in [-0.4, -0.2) is 16.6 Å². The van der Waals surface area contributed by atoms with Gasteiger partial charge in [0, 0.05) is 16.8 Å². The Labute approximate surface area is 192 Å². The SMILES string of the molecule is Cc1ccc(NC(=O)CSc2nc(-c3ccccc3)cc(-c3ccccc3)c2C#N)cc1. The Morgan fingerprint density at radius 2 is 1.56 bits per heavy atom. The predicted octanol–water partition coefficient (Wildman–Crippen LogP) is 6.33. The van der Waals surface area contributed by atoms with Crippen molar-refractivity contribution in [1.29, 1.82) is 5.26 Å². The number of hydrogen-bond donors (Lipinski definition) is 1. The molecule has 0 aliphatic heterocycles. The molecule has 0 saturated carbocycles. The van der Waals surface area contributed by atoms with Crippen molar-refractivity contribution in [3.8, 4) is 28.5 Å². The molecule has 4 rings (SSSR count). The highest BCUT2D eigenvalue weighted by Crippen LogP contribution is 2.34. The molecule has 0 radical (unpaired) electrons. The fourth-order valence-electron chi connectivity index (χ4n) is 3.30. The summed E-state index contributed by atoms with van der Waals surface area (Å²) in [6.07, 6.45) is 0. The number of anilines is 1. The van der Waals surface area contributed by atoms with Gasteiger partial charge in [0.2, 0.25) is 5.91 Å². The molecule has 1 N–H and O–H groups in total. The highest BCUT2D eigenvalue weighted by Gasteiger charge is 2.17. The highest BCUT2D eigenvalue weighted by molar-refractivity contribution is 8.00. The Balaban J connectivity index is 1.66. The summed E-state index contributed by atoms with van der Waals surface area (Å²) >= 11 is 1.27. The van der Waals surface area contributed by atoms with Crippen LogP contribution in [0.2, 0.25) is 0 Å². The van der Waals surface area contributed by atoms with Gasteiger partial charge in [-0.25, -0.2) is 4.98 Å². The molecule has 0 spiro atoms. The smallest absolute Gasteiger partial charge is 0.234 e. The second-order valence-corrected chi connectivity index (χ2v) is 8.25. The van der Waals surface area contributed by atoms with Crippen LogP contribution in [0.25, 0.3) is 22.4 Å². The van der Waals surface area contributed by atoms with Gasteiger partial charge in [-0.2, -0.15) is 5.26 Å². The molecule has 3 aromatic carbocycles. The number of aromatic nitrogens is 1. The van der Waals surface area contributed by atoms with E-state index in [2.05, 4.69) is 11.4 Å². The van der Waals surface area contributed by atoms with Gasteiger partial charge in [-0.15, -0.1) is 0 Å². The minimum Gasteiger partial charge on any atom is -0.325 e. The summed E-state index contributed by atoms with van der Waals surface area (Å²) < 4.78 is 0. The van der Waals surface area contributed by atoms with Gasteiger partial charge >= 0.3 is 0 Å². The summed E-state index contributed by atoms with van der Waals surface area (Å²) in [6, 6.07) is 31.5. The molecular formula is C27H21N3OS. The fraction of sp³-hybridized carbons (Fsp3) is 0.0741. The van der Waals surface area contributed by atoms with Gasteiger partial charge in [0.1, 0.15) is 11.1 Å². The summed E-state index contributed by atoms with van der Waals surface area (Å²) in [4.78, 5) is 17.3. The molecule has 0 unspecified atom stereocenters. The number of hydrogen-bond acceptors (Lipinski definition) is 4. The number of carbonyl (C=O) groups is 1. The zero-order valence-corrected chi connectivity index (χ0v) is 18.4. The van der Waals surface area contributed by atoms with E-state index in [1.165, 1.54) is 11.8 Å². The lowest BCUT2D eigenvalue weighted by Gasteiger charge is -2.13. The maximum Gasteiger partial charge on any atom is 0.234 e. The lowest BCUT2D eigenvalue weighted by Crippen LogP contribution is -2.14. The van der Waals surface area contributed by atoms with E-state index in [4.69, 9.17) is 4.98 Å². The van der Waals surface area contributed by atoms with Crippen LogP contribution >= 0.6 is 11.8 Å². The van der Waals surface area contributed by atoms with Gasteiger partial charge in [0.15, 0.2) is 0 Å². The van der Waals surface area contributed by atoms with Gasteiger partial charge in [0.05, 0.1) is 17.0 Å². The van der Waals surface area contributed by atoms with Gasteiger partial charge in [-0.05, 0) is 30.7 Å². The Hall–Kier alpha value is -3.88. The Morgan fingerprint density at radius 1 is 0.938 bits per heavy atom. The van der Waals surface area contributed by atoms with E-state index >= 15 is 0 Å². The third kappa shape index (κ3) is 5.05. The van der Waals surface area contributed by atoms with Gasteiger partial charge in [-0.3, -0.25) is 4.79 Å². The molecule has 5 heteroatoms. The summed E-state index contributed by atoms with van der Waals surface area (Å²) in [5, 5.41) is 13.4. The molecule has 0 atom stereocenters. The maximum absolute atomic E-state index is 12.5. The van der Waals surface area contributed by atoms with E-state index in [1.807, 2.05) is 97.9 Å². The predicted molar refractivity (Wildman–Crippen MR) is 130 cm³/mol. The average molecular weight is 436 g/mol. The normalized spacial score (nSPS) is 10.4. The van der Waals surface area contributed by atoms with Crippen LogP contribution in [0.3, 0.4) is 0 Å². The number of amides is 1. The van der Waals surface area contributed by atoms with Crippen LogP contribution in [0.15, 0.2) is 96.0 Å². The minimum atomic E-state index is -0.143. The quantitative estimate of drug-likeness (QED) is 0.360. The van der Waals surface area contributed by atoms with Crippen LogP contribution in [0.4, 0.5) is 5.69 Å². The number of nitrogens with zero attached hydrogens (tertiary/aromatic N) is 2. The third-order valence-electron chi connectivity index (χ3n) is 4.93. The standard InChI is InChI=1S/C27H21N3OS/c1-19-12-14-22(15-13-19)29-26(31)18-32-27-24(17-28)23(20-8-4-2-5-9-20)16-25(30-27)21-10-6-3-7-11-21/h2-16H,18H2,1H3,(H,29,31). The molecule has 1 amide bonds. The maximum atomic E-state index is 12.5. The molecule has 0 aliphatic carbocycles. The van der Waals surface area contributed by atoms with E-state index in [1.54, 1.807) is 0 Å². The second kappa shape index (κ2) is 9.95. The lowest BCUT2D eigenvalue weighted by atomic mass is 9.99. The van der Waals surface area contributed by atoms with Crippen molar-refractivity contribution in [2.45, 2.75) is 11.9 Å². The number of nitrogens with one attached hydrogen (secondary N) is 1. The summed E-state index contributed by atoms with van der Waals surface area (Å²) in [5.41, 5.74) is 5.83. The van der Waals surface area contributed by atoms with Crippen LogP contribution < -0.4 is 5.32 Å². The highest BCUT2D eigenvalue weighted by atomic mass is 32.2. The van der Waals surface area contributed by atoms with Gasteiger partial charge in [-0.1, -0.05) is 90.1 Å². The molecule has 156 valence electrons. The number of carbonyl (C=O) groups excluding carboxylic acids is 1. The van der Waals surface area contributed by atoms with Crippen molar-refractivity contribution in [3.63, 3.8) is 0 Å². The number of benzene rings is 3. The number of aryl methyl sites for hydroxylation is 1. The van der Waals surface area contributed by atoms with Crippen LogP contribution in [-0.2, 0) is 4.79 Å². The van der Waals surface area contributed by atoms with Crippen LogP contribution in [0, 0.1) is 18.3 Å². The molecule has 0 bridgehead atoms. The van der Waals surface area contributed by atoms with E-state index in [9.17, 15) is 10.1 Å². The summed E-state index contributed by atoms with van der Waals surface area (Å²) in [6.45, 7) is 2.00. The van der Waals surface area contributed by atoms with Gasteiger partial charge in [0.25, 0.3) is 0 Å². The van der Waals surface area contributed by atoms with Crippen molar-refractivity contribution in [3.05, 3.63) is 102 Å². The third-order valence-corrected chi connectivity index (χ3v) is 5.90. The number of rotatable bonds is 6.